The van der Waals surface area contributed by atoms with E-state index in [0.29, 0.717) is 13.0 Å². The van der Waals surface area contributed by atoms with Crippen molar-refractivity contribution in [1.29, 1.82) is 0 Å². The van der Waals surface area contributed by atoms with E-state index in [4.69, 9.17) is 4.74 Å². The van der Waals surface area contributed by atoms with Crippen LogP contribution in [-0.2, 0) is 4.79 Å². The molecule has 0 bridgehead atoms. The van der Waals surface area contributed by atoms with Crippen LogP contribution < -0.4 is 10.1 Å². The molecule has 0 spiro atoms. The van der Waals surface area contributed by atoms with Gasteiger partial charge in [0.2, 0.25) is 5.91 Å². The van der Waals surface area contributed by atoms with Gasteiger partial charge in [0.05, 0.1) is 6.61 Å². The smallest absolute Gasteiger partial charge is 0.222 e. The van der Waals surface area contributed by atoms with Gasteiger partial charge in [-0.15, -0.1) is 12.4 Å². The third kappa shape index (κ3) is 7.91. The fourth-order valence-electron chi connectivity index (χ4n) is 1.54. The molecule has 0 aliphatic rings. The molecule has 1 aromatic carbocycles. The van der Waals surface area contributed by atoms with Gasteiger partial charge in [0, 0.05) is 30.1 Å². The van der Waals surface area contributed by atoms with Gasteiger partial charge in [-0.05, 0) is 60.3 Å². The molecule has 1 rings (SSSR count). The van der Waals surface area contributed by atoms with E-state index in [1.165, 1.54) is 3.57 Å². The van der Waals surface area contributed by atoms with E-state index < -0.39 is 0 Å². The van der Waals surface area contributed by atoms with Gasteiger partial charge < -0.3 is 15.0 Å². The summed E-state index contributed by atoms with van der Waals surface area (Å²) in [5.74, 6) is 1.03. The molecular weight excluding hydrogens is 391 g/mol. The van der Waals surface area contributed by atoms with Crippen molar-refractivity contribution < 1.29 is 9.53 Å². The third-order valence-corrected chi connectivity index (χ3v) is 3.46. The highest BCUT2D eigenvalue weighted by Crippen LogP contribution is 2.13. The zero-order chi connectivity index (χ0) is 14.1. The monoisotopic (exact) mass is 412 g/mol. The molecule has 1 N–H and O–H groups in total. The second-order valence-corrected chi connectivity index (χ2v) is 5.57. The molecule has 0 unspecified atom stereocenters. The number of nitrogens with one attached hydrogen (secondary N) is 1. The Hall–Kier alpha value is -0.530. The van der Waals surface area contributed by atoms with Crippen molar-refractivity contribution in [3.8, 4) is 5.75 Å². The summed E-state index contributed by atoms with van der Waals surface area (Å²) >= 11 is 2.26. The van der Waals surface area contributed by atoms with E-state index in [1.54, 1.807) is 4.90 Å². The number of halogens is 2. The van der Waals surface area contributed by atoms with Crippen LogP contribution in [0.3, 0.4) is 0 Å². The molecule has 0 aromatic heterocycles. The molecule has 0 fully saturated rings. The number of ether oxygens (including phenoxy) is 1. The van der Waals surface area contributed by atoms with Gasteiger partial charge in [0.1, 0.15) is 5.75 Å². The number of hydrogen-bond donors (Lipinski definition) is 1. The molecule has 0 saturated heterocycles. The van der Waals surface area contributed by atoms with Crippen molar-refractivity contribution in [2.24, 2.45) is 0 Å². The Labute approximate surface area is 140 Å². The number of nitrogens with zero attached hydrogens (tertiary/aromatic N) is 1. The quantitative estimate of drug-likeness (QED) is 0.527. The number of carbonyl (C=O) groups excluding carboxylic acids is 1. The number of likely N-dealkylation sites (N-methyl/N-ethyl adjacent to an activating group) is 2. The van der Waals surface area contributed by atoms with E-state index in [1.807, 2.05) is 38.4 Å². The van der Waals surface area contributed by atoms with Gasteiger partial charge >= 0.3 is 0 Å². The summed E-state index contributed by atoms with van der Waals surface area (Å²) in [5.41, 5.74) is 0. The Morgan fingerprint density at radius 2 is 2.00 bits per heavy atom. The van der Waals surface area contributed by atoms with Gasteiger partial charge in [0.15, 0.2) is 0 Å². The van der Waals surface area contributed by atoms with E-state index in [0.717, 1.165) is 25.3 Å². The number of benzene rings is 1. The van der Waals surface area contributed by atoms with Gasteiger partial charge in [-0.3, -0.25) is 4.79 Å². The molecule has 4 nitrogen and oxygen atoms in total. The zero-order valence-corrected chi connectivity index (χ0v) is 14.9. The van der Waals surface area contributed by atoms with Gasteiger partial charge in [-0.25, -0.2) is 0 Å². The molecular formula is C14H22ClIN2O2. The Morgan fingerprint density at radius 3 is 2.60 bits per heavy atom. The second-order valence-electron chi connectivity index (χ2n) is 4.32. The molecule has 0 aliphatic carbocycles. The standard InChI is InChI=1S/C14H21IN2O2.ClH/c1-16-9-10-17(2)14(18)4-3-11-19-13-7-5-12(15)6-8-13;/h5-8,16H,3-4,9-11H2,1-2H3;1H. The van der Waals surface area contributed by atoms with Crippen LogP contribution >= 0.6 is 35.0 Å². The van der Waals surface area contributed by atoms with Crippen LogP contribution in [0.4, 0.5) is 0 Å². The van der Waals surface area contributed by atoms with Gasteiger partial charge in [-0.1, -0.05) is 0 Å². The maximum Gasteiger partial charge on any atom is 0.222 e. The minimum absolute atomic E-state index is 0. The summed E-state index contributed by atoms with van der Waals surface area (Å²) in [5, 5.41) is 3.03. The van der Waals surface area contributed by atoms with E-state index in [2.05, 4.69) is 27.9 Å². The zero-order valence-electron chi connectivity index (χ0n) is 11.9. The minimum atomic E-state index is 0. The summed E-state index contributed by atoms with van der Waals surface area (Å²) in [6.45, 7) is 2.14. The summed E-state index contributed by atoms with van der Waals surface area (Å²) < 4.78 is 6.77. The normalized spacial score (nSPS) is 9.75. The Kier molecular flexibility index (Phi) is 10.9. The van der Waals surface area contributed by atoms with Crippen molar-refractivity contribution in [2.75, 3.05) is 33.8 Å². The molecule has 0 heterocycles. The van der Waals surface area contributed by atoms with Crippen LogP contribution in [-0.4, -0.2) is 44.6 Å². The van der Waals surface area contributed by atoms with Crippen LogP contribution in [0, 0.1) is 3.57 Å². The van der Waals surface area contributed by atoms with E-state index in [9.17, 15) is 4.79 Å². The van der Waals surface area contributed by atoms with Crippen LogP contribution in [0.1, 0.15) is 12.8 Å². The first-order chi connectivity index (χ1) is 9.13. The molecule has 20 heavy (non-hydrogen) atoms. The summed E-state index contributed by atoms with van der Waals surface area (Å²) in [4.78, 5) is 13.5. The maximum absolute atomic E-state index is 11.7. The highest BCUT2D eigenvalue weighted by molar-refractivity contribution is 14.1. The molecule has 0 atom stereocenters. The molecule has 1 aromatic rings. The van der Waals surface area contributed by atoms with Crippen molar-refractivity contribution >= 4 is 40.9 Å². The Bertz CT molecular complexity index is 387. The van der Waals surface area contributed by atoms with E-state index >= 15 is 0 Å². The van der Waals surface area contributed by atoms with Crippen LogP contribution in [0.15, 0.2) is 24.3 Å². The molecule has 114 valence electrons. The third-order valence-electron chi connectivity index (χ3n) is 2.74. The van der Waals surface area contributed by atoms with Crippen molar-refractivity contribution in [3.63, 3.8) is 0 Å². The maximum atomic E-state index is 11.7. The largest absolute Gasteiger partial charge is 0.494 e. The van der Waals surface area contributed by atoms with Crippen molar-refractivity contribution in [1.82, 2.24) is 10.2 Å². The predicted molar refractivity (Wildman–Crippen MR) is 92.7 cm³/mol. The first kappa shape index (κ1) is 19.5. The fourth-order valence-corrected chi connectivity index (χ4v) is 1.90. The van der Waals surface area contributed by atoms with E-state index in [-0.39, 0.29) is 18.3 Å². The van der Waals surface area contributed by atoms with Crippen LogP contribution in [0.25, 0.3) is 0 Å². The Balaban J connectivity index is 0.00000361. The predicted octanol–water partition coefficient (Wildman–Crippen LogP) is 2.55. The lowest BCUT2D eigenvalue weighted by Crippen LogP contribution is -2.32. The van der Waals surface area contributed by atoms with Gasteiger partial charge in [0.25, 0.3) is 0 Å². The number of rotatable bonds is 8. The second kappa shape index (κ2) is 11.2. The lowest BCUT2D eigenvalue weighted by atomic mass is 10.3. The molecule has 1 amide bonds. The molecule has 6 heteroatoms. The lowest BCUT2D eigenvalue weighted by molar-refractivity contribution is -0.130. The summed E-state index contributed by atoms with van der Waals surface area (Å²) in [7, 11) is 3.72. The number of hydrogen-bond acceptors (Lipinski definition) is 3. The highest BCUT2D eigenvalue weighted by atomic mass is 127. The molecule has 0 aliphatic heterocycles. The first-order valence-electron chi connectivity index (χ1n) is 6.40. The average Bonchev–Trinajstić information content (AvgIpc) is 2.42. The summed E-state index contributed by atoms with van der Waals surface area (Å²) in [6, 6.07) is 7.91. The highest BCUT2D eigenvalue weighted by Gasteiger charge is 2.07. The minimum Gasteiger partial charge on any atom is -0.494 e. The SMILES string of the molecule is CNCCN(C)C(=O)CCCOc1ccc(I)cc1.Cl. The molecule has 0 radical (unpaired) electrons. The van der Waals surface area contributed by atoms with Gasteiger partial charge in [-0.2, -0.15) is 0 Å². The number of amides is 1. The lowest BCUT2D eigenvalue weighted by Gasteiger charge is -2.16. The average molecular weight is 413 g/mol. The number of carbonyl (C=O) groups is 1. The summed E-state index contributed by atoms with van der Waals surface area (Å²) in [6.07, 6.45) is 1.28. The van der Waals surface area contributed by atoms with Crippen LogP contribution in [0.2, 0.25) is 0 Å². The Morgan fingerprint density at radius 1 is 1.35 bits per heavy atom. The van der Waals surface area contributed by atoms with Crippen LogP contribution in [0.5, 0.6) is 5.75 Å². The van der Waals surface area contributed by atoms with Crippen molar-refractivity contribution in [2.45, 2.75) is 12.8 Å². The molecule has 0 saturated carbocycles. The fraction of sp³-hybridized carbons (Fsp3) is 0.500. The topological polar surface area (TPSA) is 41.6 Å². The first-order valence-corrected chi connectivity index (χ1v) is 7.48. The van der Waals surface area contributed by atoms with Crippen molar-refractivity contribution in [3.05, 3.63) is 27.8 Å².